The summed E-state index contributed by atoms with van der Waals surface area (Å²) in [5, 5.41) is 3.28. The van der Waals surface area contributed by atoms with E-state index in [1.165, 1.54) is 30.4 Å². The summed E-state index contributed by atoms with van der Waals surface area (Å²) in [6.45, 7) is 10.0. The predicted octanol–water partition coefficient (Wildman–Crippen LogP) is 2.81. The fourth-order valence-electron chi connectivity index (χ4n) is 4.16. The lowest BCUT2D eigenvalue weighted by Crippen LogP contribution is -2.51. The van der Waals surface area contributed by atoms with Crippen molar-refractivity contribution in [2.24, 2.45) is 5.92 Å². The Kier molecular flexibility index (Phi) is 6.49. The maximum Gasteiger partial charge on any atom is 0.234 e. The van der Waals surface area contributed by atoms with Gasteiger partial charge in [0.15, 0.2) is 0 Å². The van der Waals surface area contributed by atoms with E-state index in [4.69, 9.17) is 0 Å². The van der Waals surface area contributed by atoms with Gasteiger partial charge in [-0.2, -0.15) is 0 Å². The van der Waals surface area contributed by atoms with Crippen LogP contribution in [0.1, 0.15) is 43.7 Å². The van der Waals surface area contributed by atoms with Crippen LogP contribution in [0.25, 0.3) is 0 Å². The summed E-state index contributed by atoms with van der Waals surface area (Å²) in [6, 6.07) is 9.15. The molecule has 1 saturated carbocycles. The molecule has 1 saturated heterocycles. The fourth-order valence-corrected chi connectivity index (χ4v) is 4.16. The van der Waals surface area contributed by atoms with Crippen molar-refractivity contribution in [1.29, 1.82) is 0 Å². The molecule has 4 nitrogen and oxygen atoms in total. The van der Waals surface area contributed by atoms with Gasteiger partial charge >= 0.3 is 0 Å². The number of hydrogen-bond acceptors (Lipinski definition) is 3. The number of carbonyl (C=O) groups excluding carboxylic acids is 1. The third kappa shape index (κ3) is 5.55. The van der Waals surface area contributed by atoms with E-state index in [0.29, 0.717) is 18.5 Å². The maximum absolute atomic E-state index is 12.4. The number of amides is 1. The zero-order valence-electron chi connectivity index (χ0n) is 15.8. The van der Waals surface area contributed by atoms with Crippen LogP contribution in [-0.4, -0.2) is 54.5 Å². The largest absolute Gasteiger partial charge is 0.352 e. The van der Waals surface area contributed by atoms with Gasteiger partial charge in [-0.1, -0.05) is 49.6 Å². The van der Waals surface area contributed by atoms with E-state index >= 15 is 0 Å². The molecule has 1 aliphatic heterocycles. The van der Waals surface area contributed by atoms with Gasteiger partial charge in [0.1, 0.15) is 0 Å². The highest BCUT2D eigenvalue weighted by Crippen LogP contribution is 2.23. The lowest BCUT2D eigenvalue weighted by Gasteiger charge is -2.35. The molecule has 2 fully saturated rings. The van der Waals surface area contributed by atoms with Crippen LogP contribution in [0.4, 0.5) is 0 Å². The van der Waals surface area contributed by atoms with Gasteiger partial charge < -0.3 is 5.32 Å². The Labute approximate surface area is 152 Å². The monoisotopic (exact) mass is 343 g/mol. The molecular weight excluding hydrogens is 310 g/mol. The van der Waals surface area contributed by atoms with Crippen LogP contribution in [0, 0.1) is 12.8 Å². The second-order valence-corrected chi connectivity index (χ2v) is 7.98. The summed E-state index contributed by atoms with van der Waals surface area (Å²) in [5.41, 5.74) is 2.71. The first-order chi connectivity index (χ1) is 12.1. The van der Waals surface area contributed by atoms with E-state index in [2.05, 4.69) is 53.2 Å². The van der Waals surface area contributed by atoms with Crippen molar-refractivity contribution in [2.75, 3.05) is 32.7 Å². The van der Waals surface area contributed by atoms with Crippen molar-refractivity contribution >= 4 is 5.91 Å². The molecule has 0 bridgehead atoms. The summed E-state index contributed by atoms with van der Waals surface area (Å²) >= 11 is 0. The molecule has 0 spiro atoms. The third-order valence-electron chi connectivity index (χ3n) is 5.78. The number of rotatable bonds is 5. The fraction of sp³-hybridized carbons (Fsp3) is 0.667. The van der Waals surface area contributed by atoms with Gasteiger partial charge in [-0.25, -0.2) is 0 Å². The van der Waals surface area contributed by atoms with Crippen molar-refractivity contribution in [1.82, 2.24) is 15.1 Å². The molecule has 138 valence electrons. The van der Waals surface area contributed by atoms with Crippen LogP contribution in [0.5, 0.6) is 0 Å². The minimum Gasteiger partial charge on any atom is -0.352 e. The Hall–Kier alpha value is -1.39. The Morgan fingerprint density at radius 2 is 1.84 bits per heavy atom. The minimum atomic E-state index is 0.214. The van der Waals surface area contributed by atoms with Crippen molar-refractivity contribution in [2.45, 2.75) is 52.1 Å². The highest BCUT2D eigenvalue weighted by Gasteiger charge is 2.24. The average molecular weight is 344 g/mol. The van der Waals surface area contributed by atoms with Gasteiger partial charge in [-0.05, 0) is 31.2 Å². The van der Waals surface area contributed by atoms with E-state index in [9.17, 15) is 4.79 Å². The second kappa shape index (κ2) is 8.81. The van der Waals surface area contributed by atoms with Crippen LogP contribution >= 0.6 is 0 Å². The molecule has 1 aliphatic carbocycles. The summed E-state index contributed by atoms with van der Waals surface area (Å²) in [5.74, 6) is 0.842. The lowest BCUT2D eigenvalue weighted by molar-refractivity contribution is -0.124. The molecule has 2 aliphatic rings. The van der Waals surface area contributed by atoms with Gasteiger partial charge in [-0.3, -0.25) is 14.6 Å². The molecule has 1 amide bonds. The lowest BCUT2D eigenvalue weighted by atomic mass is 9.86. The molecule has 4 heteroatoms. The van der Waals surface area contributed by atoms with E-state index in [1.54, 1.807) is 0 Å². The van der Waals surface area contributed by atoms with E-state index in [1.807, 2.05) is 0 Å². The molecule has 1 aromatic rings. The zero-order chi connectivity index (χ0) is 17.6. The third-order valence-corrected chi connectivity index (χ3v) is 5.78. The number of benzene rings is 1. The first-order valence-corrected chi connectivity index (χ1v) is 9.90. The van der Waals surface area contributed by atoms with E-state index < -0.39 is 0 Å². The number of nitrogens with one attached hydrogen (secondary N) is 1. The average Bonchev–Trinajstić information content (AvgIpc) is 2.59. The topological polar surface area (TPSA) is 35.6 Å². The maximum atomic E-state index is 12.4. The number of nitrogens with zero attached hydrogens (tertiary/aromatic N) is 2. The van der Waals surface area contributed by atoms with Crippen molar-refractivity contribution < 1.29 is 4.79 Å². The Morgan fingerprint density at radius 3 is 2.56 bits per heavy atom. The summed E-state index contributed by atoms with van der Waals surface area (Å²) in [6.07, 6.45) is 4.98. The number of hydrogen-bond donors (Lipinski definition) is 1. The van der Waals surface area contributed by atoms with Crippen LogP contribution in [0.15, 0.2) is 24.3 Å². The van der Waals surface area contributed by atoms with Crippen LogP contribution < -0.4 is 5.32 Å². The van der Waals surface area contributed by atoms with Crippen LogP contribution in [-0.2, 0) is 11.3 Å². The first kappa shape index (κ1) is 18.4. The van der Waals surface area contributed by atoms with Gasteiger partial charge in [0.2, 0.25) is 5.91 Å². The summed E-state index contributed by atoms with van der Waals surface area (Å²) in [7, 11) is 0. The quantitative estimate of drug-likeness (QED) is 0.893. The van der Waals surface area contributed by atoms with Gasteiger partial charge in [0.25, 0.3) is 0 Å². The standard InChI is InChI=1S/C21H33N3O/c1-17-6-5-8-19(14-17)15-23-10-12-24(13-11-23)16-21(25)22-20-9-4-3-7-18(20)2/h5-6,8,14,18,20H,3-4,7,9-13,15-16H2,1-2H3,(H,22,25)/t18-,20+/m0/s1. The molecule has 0 unspecified atom stereocenters. The van der Waals surface area contributed by atoms with Crippen molar-refractivity contribution in [3.05, 3.63) is 35.4 Å². The molecule has 25 heavy (non-hydrogen) atoms. The highest BCUT2D eigenvalue weighted by molar-refractivity contribution is 5.78. The normalized spacial score (nSPS) is 25.7. The molecular formula is C21H33N3O. The number of piperazine rings is 1. The van der Waals surface area contributed by atoms with Gasteiger partial charge in [-0.15, -0.1) is 0 Å². The minimum absolute atomic E-state index is 0.214. The van der Waals surface area contributed by atoms with Crippen molar-refractivity contribution in [3.8, 4) is 0 Å². The molecule has 0 aromatic heterocycles. The van der Waals surface area contributed by atoms with Crippen molar-refractivity contribution in [3.63, 3.8) is 0 Å². The summed E-state index contributed by atoms with van der Waals surface area (Å²) < 4.78 is 0. The van der Waals surface area contributed by atoms with Gasteiger partial charge in [0, 0.05) is 38.8 Å². The molecule has 1 heterocycles. The van der Waals surface area contributed by atoms with E-state index in [0.717, 1.165) is 39.1 Å². The highest BCUT2D eigenvalue weighted by atomic mass is 16.2. The zero-order valence-corrected chi connectivity index (χ0v) is 15.8. The Balaban J connectivity index is 1.39. The molecule has 3 rings (SSSR count). The number of carbonyl (C=O) groups is 1. The smallest absolute Gasteiger partial charge is 0.234 e. The summed E-state index contributed by atoms with van der Waals surface area (Å²) in [4.78, 5) is 17.2. The van der Waals surface area contributed by atoms with Crippen LogP contribution in [0.3, 0.4) is 0 Å². The molecule has 1 aromatic carbocycles. The molecule has 2 atom stereocenters. The SMILES string of the molecule is Cc1cccc(CN2CCN(CC(=O)N[C@@H]3CCCC[C@@H]3C)CC2)c1. The predicted molar refractivity (Wildman–Crippen MR) is 102 cm³/mol. The van der Waals surface area contributed by atoms with E-state index in [-0.39, 0.29) is 5.91 Å². The number of aryl methyl sites for hydroxylation is 1. The van der Waals surface area contributed by atoms with Gasteiger partial charge in [0.05, 0.1) is 6.54 Å². The Bertz CT molecular complexity index is 566. The molecule has 0 radical (unpaired) electrons. The Morgan fingerprint density at radius 1 is 1.12 bits per heavy atom. The first-order valence-electron chi connectivity index (χ1n) is 9.90. The van der Waals surface area contributed by atoms with Crippen LogP contribution in [0.2, 0.25) is 0 Å². The molecule has 1 N–H and O–H groups in total. The second-order valence-electron chi connectivity index (χ2n) is 7.98.